The van der Waals surface area contributed by atoms with Crippen molar-refractivity contribution in [2.45, 2.75) is 58.6 Å². The van der Waals surface area contributed by atoms with Crippen molar-refractivity contribution in [1.82, 2.24) is 30.0 Å². The van der Waals surface area contributed by atoms with E-state index in [9.17, 15) is 9.90 Å². The molecule has 0 unspecified atom stereocenters. The zero-order valence-corrected chi connectivity index (χ0v) is 33.8. The minimum absolute atomic E-state index is 0.221. The van der Waals surface area contributed by atoms with E-state index >= 15 is 0 Å². The third kappa shape index (κ3) is 8.18. The summed E-state index contributed by atoms with van der Waals surface area (Å²) in [5, 5.41) is 18.2. The molecule has 0 spiro atoms. The Hall–Kier alpha value is -3.35. The van der Waals surface area contributed by atoms with E-state index in [1.165, 1.54) is 4.90 Å². The van der Waals surface area contributed by atoms with Gasteiger partial charge in [0.1, 0.15) is 17.9 Å². The molecule has 262 valence electrons. The third-order valence-corrected chi connectivity index (χ3v) is 11.2. The van der Waals surface area contributed by atoms with E-state index in [4.69, 9.17) is 35.2 Å². The van der Waals surface area contributed by atoms with E-state index in [0.29, 0.717) is 40.6 Å². The minimum atomic E-state index is -1.01. The second kappa shape index (κ2) is 16.1. The van der Waals surface area contributed by atoms with E-state index in [-0.39, 0.29) is 19.1 Å². The molecule has 0 fully saturated rings. The summed E-state index contributed by atoms with van der Waals surface area (Å²) in [7, 11) is -0.00198. The molecule has 2 N–H and O–H groups in total. The van der Waals surface area contributed by atoms with Crippen LogP contribution in [0.15, 0.2) is 42.7 Å². The highest BCUT2D eigenvalue weighted by molar-refractivity contribution is 9.08. The van der Waals surface area contributed by atoms with Gasteiger partial charge in [0.25, 0.3) is 0 Å². The number of rotatable bonds is 15. The fraction of sp³-hybridized carbons (Fsp3) is 0.424. The van der Waals surface area contributed by atoms with Gasteiger partial charge in [-0.15, -0.1) is 0 Å². The summed E-state index contributed by atoms with van der Waals surface area (Å²) in [5.74, 6) is 1.52. The lowest BCUT2D eigenvalue weighted by Gasteiger charge is -2.41. The van der Waals surface area contributed by atoms with Crippen LogP contribution in [0.5, 0.6) is 5.75 Å². The van der Waals surface area contributed by atoms with Crippen LogP contribution in [0.1, 0.15) is 36.2 Å². The van der Waals surface area contributed by atoms with Gasteiger partial charge in [-0.25, -0.2) is 14.8 Å². The number of carbonyl (C=O) groups is 1. The van der Waals surface area contributed by atoms with Crippen LogP contribution in [-0.4, -0.2) is 87.3 Å². The number of carboxylic acid groups (broad SMARTS) is 1. The van der Waals surface area contributed by atoms with Gasteiger partial charge in [-0.3, -0.25) is 10.1 Å². The number of hydrogen-bond acceptors (Lipinski definition) is 9. The maximum Gasteiger partial charge on any atom is 0.407 e. The Labute approximate surface area is 305 Å². The van der Waals surface area contributed by atoms with Crippen molar-refractivity contribution < 1.29 is 23.5 Å². The molecule has 1 amide bonds. The molecule has 0 bridgehead atoms. The molecule has 1 aliphatic heterocycles. The van der Waals surface area contributed by atoms with Gasteiger partial charge in [-0.05, 0) is 36.8 Å². The van der Waals surface area contributed by atoms with Gasteiger partial charge in [-0.1, -0.05) is 60.5 Å². The van der Waals surface area contributed by atoms with Crippen molar-refractivity contribution >= 4 is 59.0 Å². The number of hydrogen-bond donors (Lipinski definition) is 2. The first-order chi connectivity index (χ1) is 23.5. The maximum absolute atomic E-state index is 11.9. The second-order valence-electron chi connectivity index (χ2n) is 12.6. The summed E-state index contributed by atoms with van der Waals surface area (Å²) in [6.45, 7) is 12.0. The Kier molecular flexibility index (Phi) is 12.1. The highest BCUT2D eigenvalue weighted by Gasteiger charge is 2.40. The van der Waals surface area contributed by atoms with Crippen LogP contribution in [0.3, 0.4) is 0 Å². The lowest BCUT2D eigenvalue weighted by molar-refractivity contribution is -0.114. The fourth-order valence-electron chi connectivity index (χ4n) is 5.99. The van der Waals surface area contributed by atoms with E-state index in [1.54, 1.807) is 25.4 Å². The summed E-state index contributed by atoms with van der Waals surface area (Å²) in [6, 6.07) is 9.46. The van der Waals surface area contributed by atoms with Crippen molar-refractivity contribution in [2.75, 3.05) is 25.1 Å². The number of aromatic amines is 1. The van der Waals surface area contributed by atoms with Crippen LogP contribution in [0.4, 0.5) is 10.6 Å². The van der Waals surface area contributed by atoms with E-state index in [2.05, 4.69) is 69.0 Å². The molecule has 16 heteroatoms. The van der Waals surface area contributed by atoms with Crippen molar-refractivity contribution in [3.63, 3.8) is 0 Å². The van der Waals surface area contributed by atoms with Gasteiger partial charge in [-0.2, -0.15) is 5.10 Å². The molecular formula is C33H43BrClN7O5Si2. The highest BCUT2D eigenvalue weighted by atomic mass is 79.9. The lowest BCUT2D eigenvalue weighted by Crippen LogP contribution is -2.48. The summed E-state index contributed by atoms with van der Waals surface area (Å²) < 4.78 is 18.7. The molecule has 4 heterocycles. The summed E-state index contributed by atoms with van der Waals surface area (Å²) in [4.78, 5) is 30.1. The van der Waals surface area contributed by atoms with Gasteiger partial charge in [0, 0.05) is 59.7 Å². The Balaban J connectivity index is 1.52. The molecule has 1 aliphatic rings. The lowest BCUT2D eigenvalue weighted by atomic mass is 9.78. The van der Waals surface area contributed by atoms with Crippen molar-refractivity contribution in [1.29, 1.82) is 0 Å². The highest BCUT2D eigenvalue weighted by Crippen LogP contribution is 2.39. The Morgan fingerprint density at radius 3 is 2.63 bits per heavy atom. The molecule has 0 aliphatic carbocycles. The van der Waals surface area contributed by atoms with E-state index < -0.39 is 37.3 Å². The first-order valence-electron chi connectivity index (χ1n) is 16.2. The molecule has 49 heavy (non-hydrogen) atoms. The number of halogens is 2. The Morgan fingerprint density at radius 2 is 1.96 bits per heavy atom. The topological polar surface area (TPSA) is 139 Å². The predicted octanol–water partition coefficient (Wildman–Crippen LogP) is 5.56. The number of nitrogens with zero attached hydrogens (tertiary/aromatic N) is 6. The van der Waals surface area contributed by atoms with Gasteiger partial charge < -0.3 is 28.5 Å². The molecule has 1 atom stereocenters. The second-order valence-corrected chi connectivity index (χ2v) is 15.4. The molecule has 0 radical (unpaired) electrons. The quantitative estimate of drug-likeness (QED) is 0.0895. The summed E-state index contributed by atoms with van der Waals surface area (Å²) in [5.41, 5.74) is 5.65. The maximum atomic E-state index is 11.9. The minimum Gasteiger partial charge on any atom is -0.493 e. The first-order valence-corrected chi connectivity index (χ1v) is 21.7. The molecule has 4 aromatic rings. The van der Waals surface area contributed by atoms with Crippen molar-refractivity contribution in [2.24, 2.45) is 11.3 Å². The number of alkyl halides is 1. The number of aromatic nitrogens is 5. The Bertz CT molecular complexity index is 1750. The van der Waals surface area contributed by atoms with Crippen LogP contribution >= 0.6 is 27.5 Å². The van der Waals surface area contributed by atoms with Gasteiger partial charge in [0.2, 0.25) is 0 Å². The zero-order chi connectivity index (χ0) is 35.3. The smallest absolute Gasteiger partial charge is 0.407 e. The SMILES string of the molecule is C[SiH2]OC(O[SiH2]C)C(C)(C)[C@H](COc1ccc(Cl)c(-c2nc(-c3[nH]ncc3CBr)c(C)c(N3Cc4cccnc4C3)n2)c1)CN(C)C(=O)O. The van der Waals surface area contributed by atoms with Crippen LogP contribution in [0.25, 0.3) is 22.8 Å². The summed E-state index contributed by atoms with van der Waals surface area (Å²) in [6.07, 6.45) is 2.15. The molecule has 3 aromatic heterocycles. The molecule has 0 saturated heterocycles. The number of anilines is 1. The van der Waals surface area contributed by atoms with Crippen LogP contribution in [0.2, 0.25) is 18.1 Å². The number of H-pyrrole nitrogens is 1. The zero-order valence-electron chi connectivity index (χ0n) is 28.7. The number of nitrogens with one attached hydrogen (secondary N) is 1. The summed E-state index contributed by atoms with van der Waals surface area (Å²) >= 11 is 10.4. The van der Waals surface area contributed by atoms with Gasteiger partial charge in [0.15, 0.2) is 25.4 Å². The number of amides is 1. The number of ether oxygens (including phenoxy) is 1. The largest absolute Gasteiger partial charge is 0.493 e. The van der Waals surface area contributed by atoms with E-state index in [0.717, 1.165) is 39.6 Å². The van der Waals surface area contributed by atoms with E-state index in [1.807, 2.05) is 25.3 Å². The van der Waals surface area contributed by atoms with Gasteiger partial charge in [0.05, 0.1) is 41.5 Å². The number of pyridine rings is 1. The molecule has 12 nitrogen and oxygen atoms in total. The fourth-order valence-corrected chi connectivity index (χ4v) is 8.47. The average Bonchev–Trinajstić information content (AvgIpc) is 3.74. The monoisotopic (exact) mass is 787 g/mol. The molecular weight excluding hydrogens is 746 g/mol. The van der Waals surface area contributed by atoms with Gasteiger partial charge >= 0.3 is 6.09 Å². The average molecular weight is 789 g/mol. The van der Waals surface area contributed by atoms with Crippen molar-refractivity contribution in [3.05, 3.63) is 70.1 Å². The first kappa shape index (κ1) is 36.9. The van der Waals surface area contributed by atoms with Crippen LogP contribution in [0, 0.1) is 18.3 Å². The third-order valence-electron chi connectivity index (χ3n) is 8.95. The van der Waals surface area contributed by atoms with Crippen LogP contribution in [-0.2, 0) is 27.3 Å². The molecule has 5 rings (SSSR count). The van der Waals surface area contributed by atoms with Crippen molar-refractivity contribution in [3.8, 4) is 28.5 Å². The predicted molar refractivity (Wildman–Crippen MR) is 200 cm³/mol. The van der Waals surface area contributed by atoms with Crippen LogP contribution < -0.4 is 9.64 Å². The standard InChI is InChI=1S/C33H43BrClN7O5Si2/c1-19-27(28-21(13-34)14-37-40-28)38-29(39-30(19)42-15-20-8-7-11-36-26(20)17-42)24-12-23(9-10-25(24)35)45-18-22(16-41(4)32(43)44)33(2,3)31(46-48-5)47-49-6/h7-12,14,22,31H,13,15-18,48-49H2,1-6H3,(H,37,40)(H,43,44)/t22-/m0/s1. The molecule has 0 saturated carbocycles. The number of benzene rings is 1. The Morgan fingerprint density at radius 1 is 1.20 bits per heavy atom. The number of fused-ring (bicyclic) bond motifs is 1. The molecule has 1 aromatic carbocycles. The normalized spacial score (nSPS) is 14.6.